The lowest BCUT2D eigenvalue weighted by Crippen LogP contribution is -2.43. The SMILES string of the molecule is CCn1ccnc1CN1CCOC(CC(=O)O)C1. The van der Waals surface area contributed by atoms with Crippen LogP contribution in [0.3, 0.4) is 0 Å². The van der Waals surface area contributed by atoms with Gasteiger partial charge in [0.2, 0.25) is 0 Å². The van der Waals surface area contributed by atoms with Crippen LogP contribution in [0.4, 0.5) is 0 Å². The second-order valence-electron chi connectivity index (χ2n) is 4.46. The van der Waals surface area contributed by atoms with E-state index in [0.29, 0.717) is 13.2 Å². The van der Waals surface area contributed by atoms with Gasteiger partial charge in [0, 0.05) is 32.0 Å². The Labute approximate surface area is 106 Å². The van der Waals surface area contributed by atoms with Crippen molar-refractivity contribution in [2.24, 2.45) is 0 Å². The smallest absolute Gasteiger partial charge is 0.306 e. The number of carboxylic acid groups (broad SMARTS) is 1. The lowest BCUT2D eigenvalue weighted by atomic mass is 10.2. The van der Waals surface area contributed by atoms with Crippen molar-refractivity contribution in [2.75, 3.05) is 19.7 Å². The molecular weight excluding hydrogens is 234 g/mol. The quantitative estimate of drug-likeness (QED) is 0.831. The standard InChI is InChI=1S/C12H19N3O3/c1-2-15-4-3-13-11(15)9-14-5-6-18-10(8-14)7-12(16)17/h3-4,10H,2,5-9H2,1H3,(H,16,17). The van der Waals surface area contributed by atoms with Crippen LogP contribution in [0.2, 0.25) is 0 Å². The maximum absolute atomic E-state index is 10.7. The molecule has 1 aliphatic heterocycles. The molecule has 18 heavy (non-hydrogen) atoms. The van der Waals surface area contributed by atoms with Crippen LogP contribution in [0, 0.1) is 0 Å². The zero-order chi connectivity index (χ0) is 13.0. The van der Waals surface area contributed by atoms with Gasteiger partial charge < -0.3 is 14.4 Å². The summed E-state index contributed by atoms with van der Waals surface area (Å²) in [6.45, 7) is 5.80. The van der Waals surface area contributed by atoms with Crippen molar-refractivity contribution in [3.63, 3.8) is 0 Å². The van der Waals surface area contributed by atoms with Gasteiger partial charge in [0.1, 0.15) is 5.82 Å². The van der Waals surface area contributed by atoms with Crippen molar-refractivity contribution in [2.45, 2.75) is 32.5 Å². The molecule has 1 aromatic rings. The van der Waals surface area contributed by atoms with E-state index in [1.54, 1.807) is 6.20 Å². The Balaban J connectivity index is 1.91. The predicted molar refractivity (Wildman–Crippen MR) is 65.2 cm³/mol. The first kappa shape index (κ1) is 13.0. The van der Waals surface area contributed by atoms with Gasteiger partial charge in [0.05, 0.1) is 25.7 Å². The number of carboxylic acids is 1. The third-order valence-electron chi connectivity index (χ3n) is 3.13. The molecule has 0 spiro atoms. The molecule has 1 saturated heterocycles. The lowest BCUT2D eigenvalue weighted by Gasteiger charge is -2.32. The van der Waals surface area contributed by atoms with Crippen molar-refractivity contribution >= 4 is 5.97 Å². The zero-order valence-electron chi connectivity index (χ0n) is 10.6. The van der Waals surface area contributed by atoms with Gasteiger partial charge in [-0.25, -0.2) is 4.98 Å². The number of aryl methyl sites for hydroxylation is 1. The van der Waals surface area contributed by atoms with Crippen molar-refractivity contribution in [3.8, 4) is 0 Å². The number of morpholine rings is 1. The fourth-order valence-corrected chi connectivity index (χ4v) is 2.22. The highest BCUT2D eigenvalue weighted by atomic mass is 16.5. The Morgan fingerprint density at radius 2 is 2.50 bits per heavy atom. The molecule has 1 aliphatic rings. The van der Waals surface area contributed by atoms with Crippen molar-refractivity contribution in [1.29, 1.82) is 0 Å². The molecule has 0 aromatic carbocycles. The second kappa shape index (κ2) is 5.97. The molecule has 0 aliphatic carbocycles. The molecule has 100 valence electrons. The van der Waals surface area contributed by atoms with E-state index in [-0.39, 0.29) is 12.5 Å². The number of aromatic nitrogens is 2. The molecular formula is C12H19N3O3. The molecule has 1 aromatic heterocycles. The number of imidazole rings is 1. The first-order valence-corrected chi connectivity index (χ1v) is 6.24. The number of ether oxygens (including phenoxy) is 1. The van der Waals surface area contributed by atoms with E-state index in [9.17, 15) is 4.79 Å². The number of hydrogen-bond acceptors (Lipinski definition) is 4. The number of nitrogens with zero attached hydrogens (tertiary/aromatic N) is 3. The average Bonchev–Trinajstić information content (AvgIpc) is 2.76. The van der Waals surface area contributed by atoms with Crippen LogP contribution in [0.15, 0.2) is 12.4 Å². The summed E-state index contributed by atoms with van der Waals surface area (Å²) in [6.07, 6.45) is 3.62. The molecule has 0 radical (unpaired) electrons. The number of aliphatic carboxylic acids is 1. The summed E-state index contributed by atoms with van der Waals surface area (Å²) in [4.78, 5) is 17.2. The Hall–Kier alpha value is -1.40. The number of carbonyl (C=O) groups is 1. The van der Waals surface area contributed by atoms with Gasteiger partial charge >= 0.3 is 5.97 Å². The summed E-state index contributed by atoms with van der Waals surface area (Å²) in [5.41, 5.74) is 0. The van der Waals surface area contributed by atoms with Crippen LogP contribution in [0.5, 0.6) is 0 Å². The minimum Gasteiger partial charge on any atom is -0.481 e. The van der Waals surface area contributed by atoms with Gasteiger partial charge in [-0.3, -0.25) is 9.69 Å². The largest absolute Gasteiger partial charge is 0.481 e. The van der Waals surface area contributed by atoms with Crippen LogP contribution < -0.4 is 0 Å². The number of rotatable bonds is 5. The van der Waals surface area contributed by atoms with Gasteiger partial charge in [-0.05, 0) is 6.92 Å². The van der Waals surface area contributed by atoms with Gasteiger partial charge in [-0.2, -0.15) is 0 Å². The molecule has 1 unspecified atom stereocenters. The highest BCUT2D eigenvalue weighted by Crippen LogP contribution is 2.12. The third-order valence-corrected chi connectivity index (χ3v) is 3.13. The Bertz CT molecular complexity index is 405. The van der Waals surface area contributed by atoms with Gasteiger partial charge in [0.15, 0.2) is 0 Å². The fraction of sp³-hybridized carbons (Fsp3) is 0.667. The van der Waals surface area contributed by atoms with Gasteiger partial charge in [-0.1, -0.05) is 0 Å². The Morgan fingerprint density at radius 1 is 1.67 bits per heavy atom. The highest BCUT2D eigenvalue weighted by molar-refractivity contribution is 5.67. The minimum atomic E-state index is -0.808. The molecule has 0 saturated carbocycles. The second-order valence-corrected chi connectivity index (χ2v) is 4.46. The highest BCUT2D eigenvalue weighted by Gasteiger charge is 2.23. The van der Waals surface area contributed by atoms with Crippen LogP contribution in [-0.4, -0.2) is 51.3 Å². The summed E-state index contributed by atoms with van der Waals surface area (Å²) in [5.74, 6) is 0.213. The monoisotopic (exact) mass is 253 g/mol. The van der Waals surface area contributed by atoms with E-state index in [0.717, 1.165) is 25.5 Å². The van der Waals surface area contributed by atoms with Crippen LogP contribution in [-0.2, 0) is 22.6 Å². The molecule has 1 N–H and O–H groups in total. The summed E-state index contributed by atoms with van der Waals surface area (Å²) >= 11 is 0. The van der Waals surface area contributed by atoms with E-state index >= 15 is 0 Å². The molecule has 1 fully saturated rings. The maximum atomic E-state index is 10.7. The fourth-order valence-electron chi connectivity index (χ4n) is 2.22. The molecule has 0 bridgehead atoms. The van der Waals surface area contributed by atoms with E-state index in [4.69, 9.17) is 9.84 Å². The van der Waals surface area contributed by atoms with Crippen LogP contribution in [0.1, 0.15) is 19.2 Å². The summed E-state index contributed by atoms with van der Waals surface area (Å²) < 4.78 is 7.54. The van der Waals surface area contributed by atoms with E-state index in [2.05, 4.69) is 21.4 Å². The average molecular weight is 253 g/mol. The first-order chi connectivity index (χ1) is 8.69. The predicted octanol–water partition coefficient (Wildman–Crippen LogP) is 0.578. The van der Waals surface area contributed by atoms with Gasteiger partial charge in [-0.15, -0.1) is 0 Å². The molecule has 2 rings (SSSR count). The normalized spacial score (nSPS) is 21.1. The van der Waals surface area contributed by atoms with Crippen molar-refractivity contribution in [3.05, 3.63) is 18.2 Å². The number of hydrogen-bond donors (Lipinski definition) is 1. The maximum Gasteiger partial charge on any atom is 0.306 e. The van der Waals surface area contributed by atoms with Gasteiger partial charge in [0.25, 0.3) is 0 Å². The molecule has 6 nitrogen and oxygen atoms in total. The van der Waals surface area contributed by atoms with E-state index < -0.39 is 5.97 Å². The molecule has 6 heteroatoms. The lowest BCUT2D eigenvalue weighted by molar-refractivity contribution is -0.142. The summed E-state index contributed by atoms with van der Waals surface area (Å²) in [7, 11) is 0. The third kappa shape index (κ3) is 3.30. The first-order valence-electron chi connectivity index (χ1n) is 6.24. The Kier molecular flexibility index (Phi) is 4.33. The zero-order valence-corrected chi connectivity index (χ0v) is 10.6. The molecule has 1 atom stereocenters. The van der Waals surface area contributed by atoms with Crippen LogP contribution in [0.25, 0.3) is 0 Å². The molecule has 2 heterocycles. The molecule has 0 amide bonds. The van der Waals surface area contributed by atoms with Crippen LogP contribution >= 0.6 is 0 Å². The Morgan fingerprint density at radius 3 is 3.22 bits per heavy atom. The van der Waals surface area contributed by atoms with E-state index in [1.807, 2.05) is 6.20 Å². The topological polar surface area (TPSA) is 67.6 Å². The summed E-state index contributed by atoms with van der Waals surface area (Å²) in [5, 5.41) is 8.78. The van der Waals surface area contributed by atoms with Crippen molar-refractivity contribution in [1.82, 2.24) is 14.5 Å². The van der Waals surface area contributed by atoms with Crippen molar-refractivity contribution < 1.29 is 14.6 Å². The minimum absolute atomic E-state index is 0.0682. The van der Waals surface area contributed by atoms with E-state index in [1.165, 1.54) is 0 Å². The summed E-state index contributed by atoms with van der Waals surface area (Å²) in [6, 6.07) is 0.